The van der Waals surface area contributed by atoms with E-state index in [2.05, 4.69) is 5.32 Å². The minimum Gasteiger partial charge on any atom is -0.347 e. The second kappa shape index (κ2) is 4.44. The van der Waals surface area contributed by atoms with E-state index in [0.29, 0.717) is 0 Å². The van der Waals surface area contributed by atoms with Gasteiger partial charge in [-0.1, -0.05) is 20.8 Å². The molecule has 4 heteroatoms. The fourth-order valence-electron chi connectivity index (χ4n) is 1.11. The predicted molar refractivity (Wildman–Crippen MR) is 55.8 cm³/mol. The van der Waals surface area contributed by atoms with Crippen LogP contribution in [0.15, 0.2) is 0 Å². The van der Waals surface area contributed by atoms with Crippen LogP contribution in [-0.4, -0.2) is 36.9 Å². The third-order valence-corrected chi connectivity index (χ3v) is 1.90. The fraction of sp³-hybridized carbons (Fsp3) is 0.800. The highest BCUT2D eigenvalue weighted by Crippen LogP contribution is 2.20. The number of hydrogen-bond acceptors (Lipinski definition) is 2. The molecule has 0 bridgehead atoms. The molecule has 0 aromatic rings. The van der Waals surface area contributed by atoms with Crippen molar-refractivity contribution in [2.45, 2.75) is 33.7 Å². The molecule has 0 saturated heterocycles. The summed E-state index contributed by atoms with van der Waals surface area (Å²) in [5, 5.41) is 2.67. The van der Waals surface area contributed by atoms with Crippen LogP contribution in [-0.2, 0) is 9.59 Å². The molecule has 14 heavy (non-hydrogen) atoms. The molecule has 0 radical (unpaired) electrons. The minimum atomic E-state index is -0.463. The molecule has 0 heterocycles. The average Bonchev–Trinajstić information content (AvgIpc) is 1.96. The molecule has 0 aliphatic rings. The average molecular weight is 200 g/mol. The van der Waals surface area contributed by atoms with E-state index in [4.69, 9.17) is 0 Å². The van der Waals surface area contributed by atoms with Crippen LogP contribution in [0.3, 0.4) is 0 Å². The summed E-state index contributed by atoms with van der Waals surface area (Å²) in [6, 6.07) is -0.463. The van der Waals surface area contributed by atoms with Gasteiger partial charge in [0.2, 0.25) is 11.8 Å². The van der Waals surface area contributed by atoms with E-state index in [1.54, 1.807) is 14.1 Å². The lowest BCUT2D eigenvalue weighted by molar-refractivity contribution is -0.136. The Morgan fingerprint density at radius 3 is 1.86 bits per heavy atom. The van der Waals surface area contributed by atoms with Gasteiger partial charge in [0.25, 0.3) is 0 Å². The molecule has 0 saturated carbocycles. The number of nitrogens with zero attached hydrogens (tertiary/aromatic N) is 1. The molecule has 82 valence electrons. The Hall–Kier alpha value is -1.06. The zero-order valence-electron chi connectivity index (χ0n) is 9.84. The first-order valence-corrected chi connectivity index (χ1v) is 4.64. The maximum atomic E-state index is 11.7. The highest BCUT2D eigenvalue weighted by molar-refractivity contribution is 5.87. The van der Waals surface area contributed by atoms with Gasteiger partial charge in [0.1, 0.15) is 6.04 Å². The first-order valence-electron chi connectivity index (χ1n) is 4.64. The standard InChI is InChI=1S/C10H20N2O2/c1-7(13)11-8(10(2,3)4)9(14)12(5)6/h8H,1-6H3,(H,11,13). The lowest BCUT2D eigenvalue weighted by Gasteiger charge is -2.31. The molecule has 0 rings (SSSR count). The number of likely N-dealkylation sites (N-methyl/N-ethyl adjacent to an activating group) is 1. The van der Waals surface area contributed by atoms with Gasteiger partial charge in [-0.05, 0) is 5.41 Å². The van der Waals surface area contributed by atoms with E-state index in [0.717, 1.165) is 0 Å². The van der Waals surface area contributed by atoms with E-state index in [-0.39, 0.29) is 17.2 Å². The topological polar surface area (TPSA) is 49.4 Å². The van der Waals surface area contributed by atoms with E-state index in [9.17, 15) is 9.59 Å². The fourth-order valence-corrected chi connectivity index (χ4v) is 1.11. The van der Waals surface area contributed by atoms with Crippen LogP contribution in [0.2, 0.25) is 0 Å². The van der Waals surface area contributed by atoms with Crippen molar-refractivity contribution in [3.8, 4) is 0 Å². The first-order chi connectivity index (χ1) is 6.16. The molecule has 0 aromatic heterocycles. The lowest BCUT2D eigenvalue weighted by atomic mass is 9.86. The van der Waals surface area contributed by atoms with Gasteiger partial charge in [-0.3, -0.25) is 9.59 Å². The van der Waals surface area contributed by atoms with Crippen LogP contribution in [0.4, 0.5) is 0 Å². The Bertz CT molecular complexity index is 229. The number of carbonyl (C=O) groups excluding carboxylic acids is 2. The molecule has 0 aromatic carbocycles. The predicted octanol–water partition coefficient (Wildman–Crippen LogP) is 0.625. The van der Waals surface area contributed by atoms with Crippen LogP contribution < -0.4 is 5.32 Å². The zero-order valence-corrected chi connectivity index (χ0v) is 9.84. The third-order valence-electron chi connectivity index (χ3n) is 1.90. The summed E-state index contributed by atoms with van der Waals surface area (Å²) < 4.78 is 0. The summed E-state index contributed by atoms with van der Waals surface area (Å²) in [5.41, 5.74) is -0.271. The molecular formula is C10H20N2O2. The van der Waals surface area contributed by atoms with Crippen molar-refractivity contribution in [1.82, 2.24) is 10.2 Å². The number of rotatable bonds is 2. The van der Waals surface area contributed by atoms with Crippen molar-refractivity contribution in [2.75, 3.05) is 14.1 Å². The van der Waals surface area contributed by atoms with Gasteiger partial charge in [-0.15, -0.1) is 0 Å². The normalized spacial score (nSPS) is 13.3. The van der Waals surface area contributed by atoms with Crippen molar-refractivity contribution in [1.29, 1.82) is 0 Å². The highest BCUT2D eigenvalue weighted by atomic mass is 16.2. The van der Waals surface area contributed by atoms with E-state index in [1.807, 2.05) is 20.8 Å². The van der Waals surface area contributed by atoms with E-state index >= 15 is 0 Å². The zero-order chi connectivity index (χ0) is 11.5. The Balaban J connectivity index is 4.73. The summed E-state index contributed by atoms with van der Waals surface area (Å²) in [7, 11) is 3.37. The van der Waals surface area contributed by atoms with Crippen LogP contribution in [0.25, 0.3) is 0 Å². The van der Waals surface area contributed by atoms with Crippen LogP contribution in [0.1, 0.15) is 27.7 Å². The number of amides is 2. The maximum absolute atomic E-state index is 11.7. The Morgan fingerprint density at radius 2 is 1.64 bits per heavy atom. The molecule has 0 fully saturated rings. The van der Waals surface area contributed by atoms with Crippen LogP contribution in [0.5, 0.6) is 0 Å². The molecular weight excluding hydrogens is 180 g/mol. The van der Waals surface area contributed by atoms with Gasteiger partial charge in [-0.2, -0.15) is 0 Å². The van der Waals surface area contributed by atoms with Crippen LogP contribution in [0, 0.1) is 5.41 Å². The lowest BCUT2D eigenvalue weighted by Crippen LogP contribution is -2.52. The second-order valence-electron chi connectivity index (χ2n) is 4.73. The van der Waals surface area contributed by atoms with Crippen molar-refractivity contribution in [2.24, 2.45) is 5.41 Å². The molecule has 1 unspecified atom stereocenters. The van der Waals surface area contributed by atoms with Gasteiger partial charge in [0.05, 0.1) is 0 Å². The van der Waals surface area contributed by atoms with Gasteiger partial charge < -0.3 is 10.2 Å². The van der Waals surface area contributed by atoms with Gasteiger partial charge >= 0.3 is 0 Å². The molecule has 2 amide bonds. The molecule has 1 N–H and O–H groups in total. The van der Waals surface area contributed by atoms with Crippen molar-refractivity contribution < 1.29 is 9.59 Å². The van der Waals surface area contributed by atoms with Gasteiger partial charge in [0, 0.05) is 21.0 Å². The van der Waals surface area contributed by atoms with Gasteiger partial charge in [0.15, 0.2) is 0 Å². The summed E-state index contributed by atoms with van der Waals surface area (Å²) in [5.74, 6) is -0.257. The third kappa shape index (κ3) is 3.77. The first kappa shape index (κ1) is 12.9. The summed E-state index contributed by atoms with van der Waals surface area (Å²) >= 11 is 0. The number of hydrogen-bond donors (Lipinski definition) is 1. The quantitative estimate of drug-likeness (QED) is 0.710. The van der Waals surface area contributed by atoms with Crippen molar-refractivity contribution >= 4 is 11.8 Å². The number of carbonyl (C=O) groups is 2. The SMILES string of the molecule is CC(=O)NC(C(=O)N(C)C)C(C)(C)C. The summed E-state index contributed by atoms with van der Waals surface area (Å²) in [4.78, 5) is 24.2. The van der Waals surface area contributed by atoms with E-state index in [1.165, 1.54) is 11.8 Å². The summed E-state index contributed by atoms with van der Waals surface area (Å²) in [6.45, 7) is 7.20. The van der Waals surface area contributed by atoms with Crippen molar-refractivity contribution in [3.05, 3.63) is 0 Å². The highest BCUT2D eigenvalue weighted by Gasteiger charge is 2.32. The largest absolute Gasteiger partial charge is 0.347 e. The van der Waals surface area contributed by atoms with E-state index < -0.39 is 6.04 Å². The second-order valence-corrected chi connectivity index (χ2v) is 4.73. The van der Waals surface area contributed by atoms with Crippen molar-refractivity contribution in [3.63, 3.8) is 0 Å². The Morgan fingerprint density at radius 1 is 1.21 bits per heavy atom. The molecule has 4 nitrogen and oxygen atoms in total. The smallest absolute Gasteiger partial charge is 0.245 e. The molecule has 1 atom stereocenters. The van der Waals surface area contributed by atoms with Gasteiger partial charge in [-0.25, -0.2) is 0 Å². The molecule has 0 aliphatic carbocycles. The molecule has 0 spiro atoms. The number of nitrogens with one attached hydrogen (secondary N) is 1. The van der Waals surface area contributed by atoms with Crippen LogP contribution >= 0.6 is 0 Å². The Kier molecular flexibility index (Phi) is 4.10. The monoisotopic (exact) mass is 200 g/mol. The summed E-state index contributed by atoms with van der Waals surface area (Å²) in [6.07, 6.45) is 0. The Labute approximate surface area is 85.7 Å². The maximum Gasteiger partial charge on any atom is 0.245 e. The minimum absolute atomic E-state index is 0.0762. The molecule has 0 aliphatic heterocycles.